The van der Waals surface area contributed by atoms with Gasteiger partial charge in [0.15, 0.2) is 0 Å². The van der Waals surface area contributed by atoms with E-state index in [0.717, 1.165) is 6.26 Å². The molecule has 1 rings (SSSR count). The largest absolute Gasteiger partial charge is 0.494 e. The Kier molecular flexibility index (Phi) is 8.34. The maximum atomic E-state index is 11.8. The monoisotopic (exact) mass is 373 g/mol. The first-order valence-corrected chi connectivity index (χ1v) is 9.88. The van der Waals surface area contributed by atoms with E-state index in [4.69, 9.17) is 9.47 Å². The molecule has 0 aromatic heterocycles. The minimum Gasteiger partial charge on any atom is -0.494 e. The van der Waals surface area contributed by atoms with E-state index in [0.29, 0.717) is 31.1 Å². The van der Waals surface area contributed by atoms with E-state index < -0.39 is 10.1 Å². The molecule has 0 aliphatic rings. The first kappa shape index (κ1) is 21.4. The summed E-state index contributed by atoms with van der Waals surface area (Å²) in [4.78, 5) is 11.8. The molecule has 1 N–H and O–H groups in total. The lowest BCUT2D eigenvalue weighted by atomic mass is 10.2. The summed E-state index contributed by atoms with van der Waals surface area (Å²) in [5.74, 6) is 0.518. The van der Waals surface area contributed by atoms with Crippen LogP contribution in [0, 0.1) is 0 Å². The molecular weight excluding hydrogens is 346 g/mol. The van der Waals surface area contributed by atoms with Crippen molar-refractivity contribution in [2.45, 2.75) is 39.2 Å². The van der Waals surface area contributed by atoms with Crippen LogP contribution in [0.1, 0.15) is 33.6 Å². The van der Waals surface area contributed by atoms with Crippen LogP contribution >= 0.6 is 0 Å². The fourth-order valence-electron chi connectivity index (χ4n) is 1.77. The Hall–Kier alpha value is -1.64. The summed E-state index contributed by atoms with van der Waals surface area (Å²) in [5, 5.41) is 2.79. The number of carbonyl (C=O) groups is 1. The van der Waals surface area contributed by atoms with Crippen molar-refractivity contribution in [3.8, 4) is 5.75 Å². The lowest BCUT2D eigenvalue weighted by Gasteiger charge is -2.19. The van der Waals surface area contributed by atoms with Gasteiger partial charge in [0.05, 0.1) is 38.1 Å². The van der Waals surface area contributed by atoms with Gasteiger partial charge in [0.25, 0.3) is 10.1 Å². The Balaban J connectivity index is 2.28. The quantitative estimate of drug-likeness (QED) is 0.501. The molecule has 0 unspecified atom stereocenters. The van der Waals surface area contributed by atoms with Gasteiger partial charge in [-0.05, 0) is 45.0 Å². The smallest absolute Gasteiger partial charge is 0.264 e. The number of ether oxygens (including phenoxy) is 2. The highest BCUT2D eigenvalue weighted by Crippen LogP contribution is 2.16. The fraction of sp³-hybridized carbons (Fsp3) is 0.588. The van der Waals surface area contributed by atoms with Crippen LogP contribution < -0.4 is 10.1 Å². The normalized spacial score (nSPS) is 12.0. The molecule has 0 spiro atoms. The fourth-order valence-corrected chi connectivity index (χ4v) is 2.19. The SMILES string of the molecule is CC(C)(C)OCCC(=O)Nc1ccc(OCCCOS(C)(=O)=O)cc1. The molecule has 25 heavy (non-hydrogen) atoms. The lowest BCUT2D eigenvalue weighted by Crippen LogP contribution is -2.22. The van der Waals surface area contributed by atoms with Gasteiger partial charge < -0.3 is 14.8 Å². The minimum atomic E-state index is -3.41. The first-order valence-electron chi connectivity index (χ1n) is 8.06. The third-order valence-electron chi connectivity index (χ3n) is 2.86. The zero-order valence-corrected chi connectivity index (χ0v) is 16.0. The molecule has 0 bridgehead atoms. The van der Waals surface area contributed by atoms with E-state index in [1.807, 2.05) is 20.8 Å². The Bertz CT molecular complexity index is 634. The summed E-state index contributed by atoms with van der Waals surface area (Å²) in [6, 6.07) is 6.95. The standard InChI is InChI=1S/C17H27NO6S/c1-17(2,3)23-13-10-16(19)18-14-6-8-15(9-7-14)22-11-5-12-24-25(4,20)21/h6-9H,5,10-13H2,1-4H3,(H,18,19). The molecule has 0 atom stereocenters. The molecule has 1 aromatic carbocycles. The highest BCUT2D eigenvalue weighted by atomic mass is 32.2. The van der Waals surface area contributed by atoms with Crippen LogP contribution in [-0.4, -0.2) is 46.0 Å². The van der Waals surface area contributed by atoms with Gasteiger partial charge in [0.1, 0.15) is 5.75 Å². The van der Waals surface area contributed by atoms with Gasteiger partial charge in [-0.25, -0.2) is 0 Å². The molecule has 1 amide bonds. The van der Waals surface area contributed by atoms with E-state index in [1.165, 1.54) is 0 Å². The van der Waals surface area contributed by atoms with Crippen molar-refractivity contribution >= 4 is 21.7 Å². The molecule has 0 aliphatic heterocycles. The lowest BCUT2D eigenvalue weighted by molar-refractivity contribution is -0.118. The Labute approximate surface area is 149 Å². The highest BCUT2D eigenvalue weighted by molar-refractivity contribution is 7.85. The number of hydrogen-bond acceptors (Lipinski definition) is 6. The van der Waals surface area contributed by atoms with E-state index in [1.54, 1.807) is 24.3 Å². The van der Waals surface area contributed by atoms with Crippen LogP contribution in [0.4, 0.5) is 5.69 Å². The number of anilines is 1. The van der Waals surface area contributed by atoms with Crippen molar-refractivity contribution < 1.29 is 26.9 Å². The van der Waals surface area contributed by atoms with E-state index in [2.05, 4.69) is 9.50 Å². The van der Waals surface area contributed by atoms with Crippen molar-refractivity contribution in [2.24, 2.45) is 0 Å². The van der Waals surface area contributed by atoms with Crippen molar-refractivity contribution in [1.29, 1.82) is 0 Å². The van der Waals surface area contributed by atoms with Crippen molar-refractivity contribution in [2.75, 3.05) is 31.4 Å². The summed E-state index contributed by atoms with van der Waals surface area (Å²) < 4.78 is 37.2. The predicted octanol–water partition coefficient (Wildman–Crippen LogP) is 2.58. The first-order chi connectivity index (χ1) is 11.6. The van der Waals surface area contributed by atoms with Crippen molar-refractivity contribution in [3.63, 3.8) is 0 Å². The van der Waals surface area contributed by atoms with Gasteiger partial charge in [-0.3, -0.25) is 8.98 Å². The average molecular weight is 373 g/mol. The van der Waals surface area contributed by atoms with Crippen LogP contribution in [0.5, 0.6) is 5.75 Å². The second-order valence-electron chi connectivity index (χ2n) is 6.51. The van der Waals surface area contributed by atoms with Gasteiger partial charge in [0.2, 0.25) is 5.91 Å². The van der Waals surface area contributed by atoms with Gasteiger partial charge >= 0.3 is 0 Å². The number of nitrogens with one attached hydrogen (secondary N) is 1. The molecule has 0 saturated heterocycles. The highest BCUT2D eigenvalue weighted by Gasteiger charge is 2.11. The van der Waals surface area contributed by atoms with Gasteiger partial charge in [-0.15, -0.1) is 0 Å². The molecule has 142 valence electrons. The summed E-state index contributed by atoms with van der Waals surface area (Å²) in [5.41, 5.74) is 0.416. The third kappa shape index (κ3) is 11.5. The molecule has 0 heterocycles. The summed E-state index contributed by atoms with van der Waals surface area (Å²) >= 11 is 0. The maximum Gasteiger partial charge on any atom is 0.264 e. The molecule has 0 saturated carbocycles. The van der Waals surface area contributed by atoms with E-state index in [-0.39, 0.29) is 24.5 Å². The average Bonchev–Trinajstić information content (AvgIpc) is 2.46. The molecule has 0 fully saturated rings. The number of carbonyl (C=O) groups excluding carboxylic acids is 1. The van der Waals surface area contributed by atoms with Crippen molar-refractivity contribution in [1.82, 2.24) is 0 Å². The predicted molar refractivity (Wildman–Crippen MR) is 96.3 cm³/mol. The Morgan fingerprint density at radius 1 is 1.08 bits per heavy atom. The van der Waals surface area contributed by atoms with Gasteiger partial charge in [-0.2, -0.15) is 8.42 Å². The topological polar surface area (TPSA) is 90.9 Å². The third-order valence-corrected chi connectivity index (χ3v) is 3.45. The van der Waals surface area contributed by atoms with Gasteiger partial charge in [-0.1, -0.05) is 0 Å². The Morgan fingerprint density at radius 3 is 2.28 bits per heavy atom. The van der Waals surface area contributed by atoms with Crippen LogP contribution in [0.3, 0.4) is 0 Å². The maximum absolute atomic E-state index is 11.8. The van der Waals surface area contributed by atoms with Crippen LogP contribution in [-0.2, 0) is 23.8 Å². The zero-order chi connectivity index (χ0) is 18.9. The second-order valence-corrected chi connectivity index (χ2v) is 8.16. The number of benzene rings is 1. The number of hydrogen-bond donors (Lipinski definition) is 1. The molecule has 8 heteroatoms. The molecule has 0 radical (unpaired) electrons. The molecule has 7 nitrogen and oxygen atoms in total. The molecule has 1 aromatic rings. The molecular formula is C17H27NO6S. The van der Waals surface area contributed by atoms with Crippen LogP contribution in [0.15, 0.2) is 24.3 Å². The second kappa shape index (κ2) is 9.74. The molecule has 0 aliphatic carbocycles. The van der Waals surface area contributed by atoms with E-state index >= 15 is 0 Å². The zero-order valence-electron chi connectivity index (χ0n) is 15.2. The minimum absolute atomic E-state index is 0.0869. The van der Waals surface area contributed by atoms with E-state index in [9.17, 15) is 13.2 Å². The van der Waals surface area contributed by atoms with Crippen LogP contribution in [0.2, 0.25) is 0 Å². The van der Waals surface area contributed by atoms with Gasteiger partial charge in [0, 0.05) is 12.1 Å². The van der Waals surface area contributed by atoms with Crippen LogP contribution in [0.25, 0.3) is 0 Å². The number of rotatable bonds is 10. The number of amides is 1. The summed E-state index contributed by atoms with van der Waals surface area (Å²) in [6.45, 7) is 6.62. The summed E-state index contributed by atoms with van der Waals surface area (Å²) in [7, 11) is -3.41. The van der Waals surface area contributed by atoms with Crippen molar-refractivity contribution in [3.05, 3.63) is 24.3 Å². The summed E-state index contributed by atoms with van der Waals surface area (Å²) in [6.07, 6.45) is 1.76. The Morgan fingerprint density at radius 2 is 1.72 bits per heavy atom.